The second kappa shape index (κ2) is 16.4. The van der Waals surface area contributed by atoms with Crippen molar-refractivity contribution in [3.63, 3.8) is 0 Å². The van der Waals surface area contributed by atoms with Crippen LogP contribution in [0.5, 0.6) is 0 Å². The molecule has 0 saturated carbocycles. The predicted molar refractivity (Wildman–Crippen MR) is 39.2 cm³/mol. The van der Waals surface area contributed by atoms with Crippen molar-refractivity contribution in [3.8, 4) is 0 Å². The van der Waals surface area contributed by atoms with Gasteiger partial charge in [0.05, 0.1) is 0 Å². The summed E-state index contributed by atoms with van der Waals surface area (Å²) in [5.74, 6) is 0. The summed E-state index contributed by atoms with van der Waals surface area (Å²) in [7, 11) is 9.75. The van der Waals surface area contributed by atoms with Gasteiger partial charge in [-0.25, -0.2) is 9.59 Å². The molecule has 11 heavy (non-hydrogen) atoms. The number of hydrogen-bond acceptors (Lipinski definition) is 2. The number of rotatable bonds is 0. The summed E-state index contributed by atoms with van der Waals surface area (Å²) in [6.07, 6.45) is 0. The van der Waals surface area contributed by atoms with E-state index >= 15 is 0 Å². The van der Waals surface area contributed by atoms with Crippen LogP contribution < -0.4 is 22.9 Å². The molecule has 72 valence electrons. The Bertz CT molecular complexity index is 92.3. The quantitative estimate of drug-likeness (QED) is 0.443. The molecule has 0 aromatic rings. The van der Waals surface area contributed by atoms with Crippen LogP contribution in [0.4, 0.5) is 9.59 Å². The van der Waals surface area contributed by atoms with Crippen LogP contribution in [0.3, 0.4) is 0 Å². The zero-order chi connectivity index (χ0) is 9.86. The van der Waals surface area contributed by atoms with E-state index in [-0.39, 0.29) is 0 Å². The van der Waals surface area contributed by atoms with Crippen molar-refractivity contribution in [2.24, 2.45) is 22.9 Å². The van der Waals surface area contributed by atoms with E-state index < -0.39 is 28.5 Å². The molecule has 8 N–H and O–H groups in total. The van der Waals surface area contributed by atoms with Crippen LogP contribution in [-0.2, 0) is 16.5 Å². The fourth-order valence-corrected chi connectivity index (χ4v) is 0. The van der Waals surface area contributed by atoms with Gasteiger partial charge in [0.15, 0.2) is 0 Å². The van der Waals surface area contributed by atoms with E-state index in [0.717, 1.165) is 0 Å². The number of urea groups is 2. The Labute approximate surface area is 79.9 Å². The molecule has 0 atom stereocenters. The summed E-state index contributed by atoms with van der Waals surface area (Å²) >= 11 is -0.472. The third-order valence-corrected chi connectivity index (χ3v) is 0. The molecule has 0 radical (unpaired) electrons. The third kappa shape index (κ3) is 16300. The molecule has 0 aliphatic rings. The summed E-state index contributed by atoms with van der Waals surface area (Å²) in [6, 6.07) is -1.67. The van der Waals surface area contributed by atoms with Gasteiger partial charge in [0.1, 0.15) is 0 Å². The van der Waals surface area contributed by atoms with Crippen molar-refractivity contribution in [1.82, 2.24) is 0 Å². The van der Waals surface area contributed by atoms with Gasteiger partial charge in [0.25, 0.3) is 0 Å². The Morgan fingerprint density at radius 1 is 0.909 bits per heavy atom. The first kappa shape index (κ1) is 17.1. The van der Waals surface area contributed by atoms with Gasteiger partial charge in [-0.3, -0.25) is 0 Å². The molecule has 0 bridgehead atoms. The number of carbonyl (C=O) groups is 2. The topological polar surface area (TPSA) is 138 Å². The number of nitrogens with two attached hydrogens (primary N) is 4. The Balaban J connectivity index is -0.0000000886. The van der Waals surface area contributed by atoms with Crippen LogP contribution in [-0.4, -0.2) is 12.1 Å². The van der Waals surface area contributed by atoms with E-state index in [0.29, 0.717) is 0 Å². The molecule has 0 unspecified atom stereocenters. The fraction of sp³-hybridized carbons (Fsp3) is 0. The SMILES string of the molecule is NC(N)=O.NC(N)=O.[Cl][Pt][Cl]. The van der Waals surface area contributed by atoms with Gasteiger partial charge in [-0.05, 0) is 0 Å². The summed E-state index contributed by atoms with van der Waals surface area (Å²) in [4.78, 5) is 18.0. The van der Waals surface area contributed by atoms with E-state index in [4.69, 9.17) is 28.4 Å². The molecule has 0 aliphatic carbocycles. The first-order valence-corrected chi connectivity index (χ1v) is 7.43. The maximum absolute atomic E-state index is 9.00. The minimum atomic E-state index is -0.833. The van der Waals surface area contributed by atoms with Crippen molar-refractivity contribution in [2.45, 2.75) is 0 Å². The summed E-state index contributed by atoms with van der Waals surface area (Å²) in [5.41, 5.74) is 17.0. The van der Waals surface area contributed by atoms with Gasteiger partial charge in [-0.1, -0.05) is 0 Å². The van der Waals surface area contributed by atoms with E-state index in [2.05, 4.69) is 22.9 Å². The van der Waals surface area contributed by atoms with E-state index in [9.17, 15) is 0 Å². The molecule has 0 spiro atoms. The third-order valence-electron chi connectivity index (χ3n) is 0. The average Bonchev–Trinajstić information content (AvgIpc) is 1.60. The first-order valence-electron chi connectivity index (χ1n) is 1.80. The van der Waals surface area contributed by atoms with Gasteiger partial charge in [-0.15, -0.1) is 0 Å². The second-order valence-corrected chi connectivity index (χ2v) is 4.13. The van der Waals surface area contributed by atoms with E-state index in [1.165, 1.54) is 0 Å². The van der Waals surface area contributed by atoms with Crippen LogP contribution in [0.25, 0.3) is 0 Å². The molecular weight excluding hydrogens is 378 g/mol. The molecule has 0 aromatic heterocycles. The normalized spacial score (nSPS) is 6.36. The molecule has 0 rings (SSSR count). The van der Waals surface area contributed by atoms with Gasteiger partial charge in [0, 0.05) is 0 Å². The Morgan fingerprint density at radius 3 is 0.909 bits per heavy atom. The maximum atomic E-state index is 9.00. The Kier molecular flexibility index (Phi) is 25.5. The predicted octanol–water partition coefficient (Wildman–Crippen LogP) is -0.576. The molecule has 4 amide bonds. The van der Waals surface area contributed by atoms with Crippen molar-refractivity contribution in [3.05, 3.63) is 0 Å². The van der Waals surface area contributed by atoms with E-state index in [1.54, 1.807) is 0 Å². The van der Waals surface area contributed by atoms with Crippen molar-refractivity contribution in [2.75, 3.05) is 0 Å². The van der Waals surface area contributed by atoms with E-state index in [1.807, 2.05) is 0 Å². The number of hydrogen-bond donors (Lipinski definition) is 4. The summed E-state index contributed by atoms with van der Waals surface area (Å²) < 4.78 is 0. The van der Waals surface area contributed by atoms with Gasteiger partial charge in [-0.2, -0.15) is 0 Å². The minimum absolute atomic E-state index is 0.472. The zero-order valence-electron chi connectivity index (χ0n) is 5.20. The standard InChI is InChI=1S/2CH4N2O.2ClH.Pt/c2*2-1(3)4;;;/h2*(H4,2,3,4);2*1H;/q;;;;+2/p-2. The van der Waals surface area contributed by atoms with Crippen LogP contribution >= 0.6 is 18.8 Å². The number of primary amides is 4. The van der Waals surface area contributed by atoms with Crippen LogP contribution in [0.15, 0.2) is 0 Å². The average molecular weight is 386 g/mol. The van der Waals surface area contributed by atoms with Crippen molar-refractivity contribution >= 4 is 30.9 Å². The Morgan fingerprint density at radius 2 is 0.909 bits per heavy atom. The molecule has 9 heteroatoms. The van der Waals surface area contributed by atoms with Gasteiger partial charge >= 0.3 is 47.4 Å². The van der Waals surface area contributed by atoms with Crippen molar-refractivity contribution in [1.29, 1.82) is 0 Å². The molecule has 6 nitrogen and oxygen atoms in total. The van der Waals surface area contributed by atoms with Crippen molar-refractivity contribution < 1.29 is 26.1 Å². The summed E-state index contributed by atoms with van der Waals surface area (Å²) in [6.45, 7) is 0. The summed E-state index contributed by atoms with van der Waals surface area (Å²) in [5, 5.41) is 0. The molecule has 0 aromatic carbocycles. The number of carbonyl (C=O) groups excluding carboxylic acids is 2. The number of halogens is 2. The van der Waals surface area contributed by atoms with Crippen LogP contribution in [0, 0.1) is 0 Å². The fourth-order valence-electron chi connectivity index (χ4n) is 0. The zero-order valence-corrected chi connectivity index (χ0v) is 8.98. The van der Waals surface area contributed by atoms with Crippen LogP contribution in [0.2, 0.25) is 0 Å². The molecule has 0 saturated heterocycles. The number of amides is 4. The first-order chi connectivity index (χ1) is 4.88. The molecule has 0 fully saturated rings. The monoisotopic (exact) mass is 385 g/mol. The van der Waals surface area contributed by atoms with Gasteiger partial charge in [0.2, 0.25) is 0 Å². The van der Waals surface area contributed by atoms with Gasteiger partial charge < -0.3 is 22.9 Å². The van der Waals surface area contributed by atoms with Crippen LogP contribution in [0.1, 0.15) is 0 Å². The molecular formula is C2H8Cl2N4O2Pt. The molecule has 0 heterocycles. The Hall–Kier alpha value is -0.192. The second-order valence-electron chi connectivity index (χ2n) is 0.850. The molecule has 0 aliphatic heterocycles.